The standard InChI is InChI=1S/C25H24BrFN6O3/c1-15(36-24-8-18(26)11-28-25(24)33(34)35)21-9-19(27)5-6-20(21)22-14-31(2)30-23(22)7-17-10-29-32(13-17)12-16-3-4-16/h5-6,8-11,13-16H,3-4,7,12H2,1-2H3/t15-/m1/s1. The Kier molecular flexibility index (Phi) is 6.57. The highest BCUT2D eigenvalue weighted by molar-refractivity contribution is 9.10. The van der Waals surface area contributed by atoms with Gasteiger partial charge in [-0.25, -0.2) is 4.39 Å². The van der Waals surface area contributed by atoms with Gasteiger partial charge in [0.05, 0.1) is 16.4 Å². The lowest BCUT2D eigenvalue weighted by Crippen LogP contribution is -2.08. The van der Waals surface area contributed by atoms with Crippen LogP contribution >= 0.6 is 15.9 Å². The minimum atomic E-state index is -0.708. The molecule has 0 saturated heterocycles. The molecule has 0 amide bonds. The van der Waals surface area contributed by atoms with Crippen molar-refractivity contribution >= 4 is 21.7 Å². The zero-order chi connectivity index (χ0) is 25.4. The Morgan fingerprint density at radius 1 is 1.25 bits per heavy atom. The molecule has 0 N–H and O–H groups in total. The van der Waals surface area contributed by atoms with Crippen LogP contribution in [0.3, 0.4) is 0 Å². The van der Waals surface area contributed by atoms with Crippen LogP contribution in [0.25, 0.3) is 11.1 Å². The summed E-state index contributed by atoms with van der Waals surface area (Å²) in [6, 6.07) is 5.95. The Morgan fingerprint density at radius 3 is 2.81 bits per heavy atom. The smallest absolute Gasteiger partial charge is 0.406 e. The molecule has 186 valence electrons. The second kappa shape index (κ2) is 9.81. The maximum Gasteiger partial charge on any atom is 0.406 e. The van der Waals surface area contributed by atoms with Crippen LogP contribution in [0.2, 0.25) is 0 Å². The summed E-state index contributed by atoms with van der Waals surface area (Å²) in [4.78, 5) is 14.7. The van der Waals surface area contributed by atoms with Gasteiger partial charge in [-0.05, 0) is 74.8 Å². The summed E-state index contributed by atoms with van der Waals surface area (Å²) in [5.74, 6) is -0.125. The fraction of sp³-hybridized carbons (Fsp3) is 0.320. The first kappa shape index (κ1) is 24.1. The Labute approximate surface area is 215 Å². The van der Waals surface area contributed by atoms with Crippen LogP contribution in [0.1, 0.15) is 42.7 Å². The molecule has 0 spiro atoms. The molecule has 0 unspecified atom stereocenters. The van der Waals surface area contributed by atoms with Crippen LogP contribution in [0.4, 0.5) is 10.2 Å². The lowest BCUT2D eigenvalue weighted by molar-refractivity contribution is -0.390. The minimum Gasteiger partial charge on any atom is -0.478 e. The fourth-order valence-corrected chi connectivity index (χ4v) is 4.56. The first-order valence-electron chi connectivity index (χ1n) is 11.6. The van der Waals surface area contributed by atoms with Crippen molar-refractivity contribution in [2.24, 2.45) is 13.0 Å². The number of ether oxygens (including phenoxy) is 1. The number of hydrogen-bond donors (Lipinski definition) is 0. The number of hydrogen-bond acceptors (Lipinski definition) is 6. The van der Waals surface area contributed by atoms with Crippen molar-refractivity contribution in [3.8, 4) is 16.9 Å². The van der Waals surface area contributed by atoms with E-state index in [1.807, 2.05) is 30.3 Å². The summed E-state index contributed by atoms with van der Waals surface area (Å²) < 4.78 is 24.6. The Morgan fingerprint density at radius 2 is 2.06 bits per heavy atom. The Bertz CT molecular complexity index is 1430. The molecule has 0 bridgehead atoms. The van der Waals surface area contributed by atoms with Crippen LogP contribution in [-0.4, -0.2) is 29.5 Å². The van der Waals surface area contributed by atoms with Gasteiger partial charge in [-0.15, -0.1) is 0 Å². The van der Waals surface area contributed by atoms with Crippen molar-refractivity contribution in [1.29, 1.82) is 0 Å². The van der Waals surface area contributed by atoms with Crippen molar-refractivity contribution in [3.05, 3.63) is 86.3 Å². The van der Waals surface area contributed by atoms with Gasteiger partial charge >= 0.3 is 5.82 Å². The third kappa shape index (κ3) is 5.30. The zero-order valence-corrected chi connectivity index (χ0v) is 21.4. The summed E-state index contributed by atoms with van der Waals surface area (Å²) in [6.07, 6.45) is 9.49. The molecule has 0 radical (unpaired) electrons. The lowest BCUT2D eigenvalue weighted by atomic mass is 9.95. The molecule has 4 aromatic rings. The summed E-state index contributed by atoms with van der Waals surface area (Å²) >= 11 is 3.27. The molecular formula is C25H24BrFN6O3. The van der Waals surface area contributed by atoms with E-state index in [1.165, 1.54) is 37.2 Å². The predicted molar refractivity (Wildman–Crippen MR) is 134 cm³/mol. The monoisotopic (exact) mass is 554 g/mol. The molecular weight excluding hydrogens is 531 g/mol. The van der Waals surface area contributed by atoms with E-state index in [2.05, 4.69) is 31.1 Å². The van der Waals surface area contributed by atoms with Crippen molar-refractivity contribution in [3.63, 3.8) is 0 Å². The third-order valence-electron chi connectivity index (χ3n) is 6.12. The van der Waals surface area contributed by atoms with Gasteiger partial charge in [0.1, 0.15) is 11.9 Å². The van der Waals surface area contributed by atoms with Crippen LogP contribution < -0.4 is 4.74 Å². The van der Waals surface area contributed by atoms with Gasteiger partial charge < -0.3 is 14.9 Å². The van der Waals surface area contributed by atoms with Gasteiger partial charge in [0, 0.05) is 49.6 Å². The van der Waals surface area contributed by atoms with E-state index in [9.17, 15) is 14.5 Å². The number of nitrogens with zero attached hydrogens (tertiary/aromatic N) is 6. The number of nitro groups is 1. The van der Waals surface area contributed by atoms with E-state index < -0.39 is 22.7 Å². The topological polar surface area (TPSA) is 101 Å². The molecule has 1 saturated carbocycles. The van der Waals surface area contributed by atoms with E-state index >= 15 is 0 Å². The molecule has 1 atom stereocenters. The van der Waals surface area contributed by atoms with Gasteiger partial charge in [0.15, 0.2) is 6.20 Å². The highest BCUT2D eigenvalue weighted by atomic mass is 79.9. The molecule has 1 aromatic carbocycles. The SMILES string of the molecule is C[C@@H](Oc1cc(Br)cnc1[N+](=O)[O-])c1cc(F)ccc1-c1cn(C)nc1Cc1cnn(CC2CC2)c1. The van der Waals surface area contributed by atoms with Crippen molar-refractivity contribution in [1.82, 2.24) is 24.5 Å². The van der Waals surface area contributed by atoms with Gasteiger partial charge in [-0.1, -0.05) is 6.07 Å². The second-order valence-corrected chi connectivity index (χ2v) is 9.99. The number of pyridine rings is 1. The predicted octanol–water partition coefficient (Wildman–Crippen LogP) is 5.63. The highest BCUT2D eigenvalue weighted by Crippen LogP contribution is 2.37. The van der Waals surface area contributed by atoms with Crippen LogP contribution in [0.5, 0.6) is 5.75 Å². The van der Waals surface area contributed by atoms with Crippen molar-refractivity contribution in [2.45, 2.75) is 38.8 Å². The molecule has 36 heavy (non-hydrogen) atoms. The Balaban J connectivity index is 1.47. The van der Waals surface area contributed by atoms with Crippen LogP contribution in [0.15, 0.2) is 53.5 Å². The van der Waals surface area contributed by atoms with E-state index in [0.717, 1.165) is 34.8 Å². The van der Waals surface area contributed by atoms with Crippen molar-refractivity contribution in [2.75, 3.05) is 0 Å². The van der Waals surface area contributed by atoms with Gasteiger partial charge in [-0.2, -0.15) is 10.2 Å². The quantitative estimate of drug-likeness (QED) is 0.196. The molecule has 1 fully saturated rings. The largest absolute Gasteiger partial charge is 0.478 e. The maximum atomic E-state index is 14.4. The van der Waals surface area contributed by atoms with E-state index in [-0.39, 0.29) is 5.75 Å². The van der Waals surface area contributed by atoms with E-state index in [4.69, 9.17) is 4.74 Å². The molecule has 11 heteroatoms. The molecule has 3 aromatic heterocycles. The highest BCUT2D eigenvalue weighted by Gasteiger charge is 2.25. The number of aromatic nitrogens is 5. The minimum absolute atomic E-state index is 0.00780. The third-order valence-corrected chi connectivity index (χ3v) is 6.56. The number of benzene rings is 1. The van der Waals surface area contributed by atoms with E-state index in [1.54, 1.807) is 17.7 Å². The second-order valence-electron chi connectivity index (χ2n) is 9.08. The summed E-state index contributed by atoms with van der Waals surface area (Å²) in [6.45, 7) is 2.66. The molecule has 1 aliphatic carbocycles. The molecule has 1 aliphatic rings. The maximum absolute atomic E-state index is 14.4. The number of halogens is 2. The first-order chi connectivity index (χ1) is 17.3. The van der Waals surface area contributed by atoms with E-state index in [0.29, 0.717) is 16.5 Å². The molecule has 3 heterocycles. The normalized spacial score (nSPS) is 14.1. The fourth-order valence-electron chi connectivity index (χ4n) is 4.25. The molecule has 5 rings (SSSR count). The molecule has 0 aliphatic heterocycles. The summed E-state index contributed by atoms with van der Waals surface area (Å²) in [7, 11) is 1.84. The van der Waals surface area contributed by atoms with Crippen LogP contribution in [0, 0.1) is 21.8 Å². The van der Waals surface area contributed by atoms with Gasteiger partial charge in [0.25, 0.3) is 0 Å². The summed E-state index contributed by atoms with van der Waals surface area (Å²) in [5, 5.41) is 20.6. The average Bonchev–Trinajstić information content (AvgIpc) is 3.41. The van der Waals surface area contributed by atoms with Crippen LogP contribution in [-0.2, 0) is 20.0 Å². The number of aryl methyl sites for hydroxylation is 1. The average molecular weight is 555 g/mol. The summed E-state index contributed by atoms with van der Waals surface area (Å²) in [5.41, 5.74) is 3.98. The van der Waals surface area contributed by atoms with Crippen molar-refractivity contribution < 1.29 is 14.1 Å². The lowest BCUT2D eigenvalue weighted by Gasteiger charge is -2.18. The van der Waals surface area contributed by atoms with Gasteiger partial charge in [-0.3, -0.25) is 9.36 Å². The van der Waals surface area contributed by atoms with Gasteiger partial charge in [0.2, 0.25) is 5.75 Å². The Hall–Kier alpha value is -3.60. The number of rotatable bonds is 9. The zero-order valence-electron chi connectivity index (χ0n) is 19.8. The molecule has 9 nitrogen and oxygen atoms in total. The first-order valence-corrected chi connectivity index (χ1v) is 12.4.